The number of nitrogens with one attached hydrogen (secondary N) is 1. The van der Waals surface area contributed by atoms with Crippen molar-refractivity contribution < 1.29 is 45.8 Å². The molecule has 250 valence electrons. The Labute approximate surface area is 266 Å². The summed E-state index contributed by atoms with van der Waals surface area (Å²) in [6.45, 7) is 9.47. The largest absolute Gasteiger partial charge is 0.586 e. The van der Waals surface area contributed by atoms with Crippen LogP contribution in [-0.4, -0.2) is 77.4 Å². The summed E-state index contributed by atoms with van der Waals surface area (Å²) >= 11 is 0. The SMILES string of the molecule is CC[C@@H]1C[C@]1(NC(=O)[C@@H]1C[C@@H](Oc2nccc3c4c(ccc23)OC(F)(F)O4)CN1C(=O)[C@@H](C)C(C)(C)C)C(=O)CS(=O)(=O)C1CC1. The fourth-order valence-corrected chi connectivity index (χ4v) is 8.14. The van der Waals surface area contributed by atoms with E-state index in [1.807, 2.05) is 27.7 Å². The summed E-state index contributed by atoms with van der Waals surface area (Å²) in [6.07, 6.45) is -1.08. The van der Waals surface area contributed by atoms with Gasteiger partial charge in [-0.15, -0.1) is 8.78 Å². The lowest BCUT2D eigenvalue weighted by Gasteiger charge is -2.33. The molecule has 1 aromatic heterocycles. The molecule has 2 aliphatic carbocycles. The third-order valence-corrected chi connectivity index (χ3v) is 12.0. The Balaban J connectivity index is 1.26. The summed E-state index contributed by atoms with van der Waals surface area (Å²) in [7, 11) is -3.59. The molecule has 2 amide bonds. The molecular weight excluding hydrogens is 624 g/mol. The molecule has 3 fully saturated rings. The lowest BCUT2D eigenvalue weighted by Crippen LogP contribution is -2.55. The van der Waals surface area contributed by atoms with E-state index in [0.717, 1.165) is 0 Å². The van der Waals surface area contributed by atoms with Gasteiger partial charge in [-0.3, -0.25) is 14.4 Å². The van der Waals surface area contributed by atoms with Crippen molar-refractivity contribution in [1.29, 1.82) is 0 Å². The van der Waals surface area contributed by atoms with Crippen LogP contribution < -0.4 is 19.5 Å². The second kappa shape index (κ2) is 11.0. The van der Waals surface area contributed by atoms with Crippen molar-refractivity contribution in [3.05, 3.63) is 24.4 Å². The quantitative estimate of drug-likeness (QED) is 0.399. The standard InChI is InChI=1S/C32H39F2N3O8S/c1-6-18-14-31(18,25(38)16-46(41,42)20-7-8-20)36-27(39)23-13-19(15-37(23)29(40)17(2)30(3,4)5)43-28-22-9-10-24-26(21(22)11-12-35-28)45-32(33,34)44-24/h9-12,17-20,23H,6-8,13-16H2,1-5H3,(H,36,39)/t17-,18-,19-,23+,31-/m1/s1. The minimum atomic E-state index is -3.81. The van der Waals surface area contributed by atoms with Crippen LogP contribution in [0, 0.1) is 17.3 Å². The van der Waals surface area contributed by atoms with Gasteiger partial charge in [0, 0.05) is 29.3 Å². The van der Waals surface area contributed by atoms with E-state index in [0.29, 0.717) is 36.5 Å². The number of hydrogen-bond donors (Lipinski definition) is 1. The van der Waals surface area contributed by atoms with Crippen LogP contribution in [0.4, 0.5) is 8.78 Å². The van der Waals surface area contributed by atoms with Crippen molar-refractivity contribution in [3.8, 4) is 17.4 Å². The first-order valence-corrected chi connectivity index (χ1v) is 17.4. The predicted octanol–water partition coefficient (Wildman–Crippen LogP) is 4.02. The molecule has 2 aliphatic heterocycles. The number of pyridine rings is 1. The molecule has 46 heavy (non-hydrogen) atoms. The Morgan fingerprint density at radius 2 is 1.87 bits per heavy atom. The second-order valence-electron chi connectivity index (χ2n) is 14.0. The number of likely N-dealkylation sites (tertiary alicyclic amines) is 1. The number of alkyl halides is 2. The number of rotatable bonds is 10. The third-order valence-electron chi connectivity index (χ3n) is 9.88. The number of Topliss-reactive ketones (excluding diaryl/α,β-unsaturated/α-hetero) is 1. The Morgan fingerprint density at radius 3 is 2.50 bits per heavy atom. The van der Waals surface area contributed by atoms with Crippen LogP contribution in [0.25, 0.3) is 10.8 Å². The van der Waals surface area contributed by atoms with Crippen molar-refractivity contribution in [2.24, 2.45) is 17.3 Å². The topological polar surface area (TPSA) is 141 Å². The maximum absolute atomic E-state index is 14.0. The van der Waals surface area contributed by atoms with Crippen molar-refractivity contribution in [1.82, 2.24) is 15.2 Å². The first-order valence-electron chi connectivity index (χ1n) is 15.7. The number of carbonyl (C=O) groups excluding carboxylic acids is 3. The van der Waals surface area contributed by atoms with Gasteiger partial charge in [-0.05, 0) is 48.8 Å². The van der Waals surface area contributed by atoms with E-state index in [1.165, 1.54) is 29.3 Å². The lowest BCUT2D eigenvalue weighted by molar-refractivity contribution is -0.286. The lowest BCUT2D eigenvalue weighted by atomic mass is 9.81. The summed E-state index contributed by atoms with van der Waals surface area (Å²) in [5, 5.41) is 3.06. The minimum Gasteiger partial charge on any atom is -0.472 e. The van der Waals surface area contributed by atoms with Gasteiger partial charge in [0.25, 0.3) is 0 Å². The summed E-state index contributed by atoms with van der Waals surface area (Å²) in [5.74, 6) is -2.80. The molecule has 1 saturated heterocycles. The zero-order valence-corrected chi connectivity index (χ0v) is 27.3. The molecular formula is C32H39F2N3O8S. The summed E-state index contributed by atoms with van der Waals surface area (Å²) in [5.41, 5.74) is -1.71. The number of halogens is 2. The number of ketones is 1. The molecule has 3 heterocycles. The fourth-order valence-electron chi connectivity index (χ4n) is 6.43. The van der Waals surface area contributed by atoms with E-state index in [4.69, 9.17) is 9.47 Å². The van der Waals surface area contributed by atoms with E-state index < -0.39 is 67.8 Å². The Kier molecular flexibility index (Phi) is 7.76. The van der Waals surface area contributed by atoms with Crippen molar-refractivity contribution >= 4 is 38.2 Å². The molecule has 0 unspecified atom stereocenters. The first kappa shape index (κ1) is 32.4. The third kappa shape index (κ3) is 5.88. The number of benzene rings is 1. The number of sulfone groups is 1. The highest BCUT2D eigenvalue weighted by atomic mass is 32.2. The van der Waals surface area contributed by atoms with E-state index >= 15 is 0 Å². The monoisotopic (exact) mass is 663 g/mol. The number of amides is 2. The molecule has 6 rings (SSSR count). The second-order valence-corrected chi connectivity index (χ2v) is 16.3. The number of ether oxygens (including phenoxy) is 3. The van der Waals surface area contributed by atoms with Gasteiger partial charge in [0.2, 0.25) is 17.7 Å². The molecule has 0 radical (unpaired) electrons. The zero-order chi connectivity index (χ0) is 33.4. The van der Waals surface area contributed by atoms with Crippen molar-refractivity contribution in [2.45, 2.75) is 96.0 Å². The highest BCUT2D eigenvalue weighted by molar-refractivity contribution is 7.93. The molecule has 0 bridgehead atoms. The van der Waals surface area contributed by atoms with Crippen LogP contribution in [0.2, 0.25) is 0 Å². The molecule has 4 aliphatic rings. The van der Waals surface area contributed by atoms with E-state index in [2.05, 4.69) is 15.0 Å². The minimum absolute atomic E-state index is 0.0340. The van der Waals surface area contributed by atoms with Gasteiger partial charge in [0.15, 0.2) is 27.1 Å². The molecule has 2 saturated carbocycles. The van der Waals surface area contributed by atoms with Gasteiger partial charge >= 0.3 is 6.29 Å². The molecule has 2 aromatic rings. The molecule has 1 N–H and O–H groups in total. The average molecular weight is 664 g/mol. The maximum atomic E-state index is 14.0. The van der Waals surface area contributed by atoms with E-state index in [-0.39, 0.29) is 42.2 Å². The van der Waals surface area contributed by atoms with Crippen LogP contribution in [0.15, 0.2) is 24.4 Å². The molecule has 1 aromatic carbocycles. The van der Waals surface area contributed by atoms with Crippen LogP contribution in [0.5, 0.6) is 17.4 Å². The highest BCUT2D eigenvalue weighted by Gasteiger charge is 2.61. The van der Waals surface area contributed by atoms with E-state index in [1.54, 1.807) is 6.92 Å². The summed E-state index contributed by atoms with van der Waals surface area (Å²) < 4.78 is 68.5. The summed E-state index contributed by atoms with van der Waals surface area (Å²) in [4.78, 5) is 47.0. The number of carbonyl (C=O) groups is 3. The van der Waals surface area contributed by atoms with Gasteiger partial charge in [-0.25, -0.2) is 13.4 Å². The van der Waals surface area contributed by atoms with Crippen LogP contribution >= 0.6 is 0 Å². The van der Waals surface area contributed by atoms with Crippen LogP contribution in [0.3, 0.4) is 0 Å². The Bertz CT molecular complexity index is 1710. The molecule has 0 spiro atoms. The van der Waals surface area contributed by atoms with Gasteiger partial charge < -0.3 is 24.4 Å². The van der Waals surface area contributed by atoms with E-state index in [9.17, 15) is 31.6 Å². The van der Waals surface area contributed by atoms with Gasteiger partial charge in [0.1, 0.15) is 23.4 Å². The van der Waals surface area contributed by atoms with Crippen LogP contribution in [-0.2, 0) is 24.2 Å². The van der Waals surface area contributed by atoms with Crippen molar-refractivity contribution in [2.75, 3.05) is 12.3 Å². The van der Waals surface area contributed by atoms with Crippen molar-refractivity contribution in [3.63, 3.8) is 0 Å². The number of fused-ring (bicyclic) bond motifs is 3. The number of aromatic nitrogens is 1. The normalized spacial score (nSPS) is 27.4. The van der Waals surface area contributed by atoms with Gasteiger partial charge in [-0.2, -0.15) is 0 Å². The maximum Gasteiger partial charge on any atom is 0.586 e. The highest BCUT2D eigenvalue weighted by Crippen LogP contribution is 2.49. The smallest absolute Gasteiger partial charge is 0.472 e. The number of nitrogens with zero attached hydrogens (tertiary/aromatic N) is 2. The Morgan fingerprint density at radius 1 is 1.15 bits per heavy atom. The van der Waals surface area contributed by atoms with Gasteiger partial charge in [-0.1, -0.05) is 41.0 Å². The zero-order valence-electron chi connectivity index (χ0n) is 26.5. The molecule has 11 nitrogen and oxygen atoms in total. The van der Waals surface area contributed by atoms with Gasteiger partial charge in [0.05, 0.1) is 11.8 Å². The fraction of sp³-hybridized carbons (Fsp3) is 0.625. The molecule has 5 atom stereocenters. The predicted molar refractivity (Wildman–Crippen MR) is 162 cm³/mol. The summed E-state index contributed by atoms with van der Waals surface area (Å²) in [6, 6.07) is 3.35. The number of hydrogen-bond acceptors (Lipinski definition) is 9. The van der Waals surface area contributed by atoms with Crippen LogP contribution in [0.1, 0.15) is 66.7 Å². The first-order chi connectivity index (χ1) is 21.5. The Hall–Kier alpha value is -3.55. The molecule has 14 heteroatoms. The average Bonchev–Trinajstić information content (AvgIpc) is 3.88.